The number of aliphatic hydroxyl groups excluding tert-OH is 1. The van der Waals surface area contributed by atoms with Crippen LogP contribution in [-0.4, -0.2) is 17.1 Å². The minimum absolute atomic E-state index is 0.0997. The third-order valence-corrected chi connectivity index (χ3v) is 2.70. The molecule has 0 spiro atoms. The van der Waals surface area contributed by atoms with Crippen molar-refractivity contribution in [3.05, 3.63) is 57.9 Å². The van der Waals surface area contributed by atoms with Crippen LogP contribution in [0.2, 0.25) is 0 Å². The predicted molar refractivity (Wildman–Crippen MR) is 72.0 cm³/mol. The van der Waals surface area contributed by atoms with Crippen molar-refractivity contribution in [1.82, 2.24) is 0 Å². The van der Waals surface area contributed by atoms with Gasteiger partial charge in [0.25, 0.3) is 0 Å². The molecule has 0 aromatic heterocycles. The van der Waals surface area contributed by atoms with Gasteiger partial charge in [-0.2, -0.15) is 0 Å². The first kappa shape index (κ1) is 14.7. The van der Waals surface area contributed by atoms with Gasteiger partial charge in [-0.1, -0.05) is 0 Å². The van der Waals surface area contributed by atoms with Gasteiger partial charge in [0.05, 0.1) is 24.7 Å². The van der Waals surface area contributed by atoms with Gasteiger partial charge >= 0.3 is 5.69 Å². The van der Waals surface area contributed by atoms with E-state index in [0.717, 1.165) is 6.07 Å². The molecule has 0 saturated heterocycles. The number of hydrogen-bond acceptors (Lipinski definition) is 5. The highest BCUT2D eigenvalue weighted by molar-refractivity contribution is 5.51. The summed E-state index contributed by atoms with van der Waals surface area (Å²) in [5.41, 5.74) is 0.0850. The Morgan fingerprint density at radius 1 is 1.24 bits per heavy atom. The summed E-state index contributed by atoms with van der Waals surface area (Å²) in [7, 11) is 1.32. The molecule has 7 heteroatoms. The molecule has 110 valence electrons. The van der Waals surface area contributed by atoms with Crippen molar-refractivity contribution >= 4 is 5.69 Å². The van der Waals surface area contributed by atoms with E-state index in [1.165, 1.54) is 37.4 Å². The summed E-state index contributed by atoms with van der Waals surface area (Å²) in [6, 6.07) is 7.77. The first-order valence-electron chi connectivity index (χ1n) is 5.94. The summed E-state index contributed by atoms with van der Waals surface area (Å²) in [6.45, 7) is -0.336. The normalized spacial score (nSPS) is 10.2. The molecule has 21 heavy (non-hydrogen) atoms. The highest BCUT2D eigenvalue weighted by atomic mass is 19.1. The standard InChI is InChI=1S/C14H12FNO5/c1-20-14-3-2-11(7-13(14)16(18)19)21-12-5-9(8-17)4-10(15)6-12/h2-7,17H,8H2,1H3. The summed E-state index contributed by atoms with van der Waals surface area (Å²) in [5, 5.41) is 19.9. The molecule has 0 saturated carbocycles. The molecule has 0 aliphatic rings. The van der Waals surface area contributed by atoms with Crippen LogP contribution in [0.5, 0.6) is 17.2 Å². The predicted octanol–water partition coefficient (Wildman–Crippen LogP) is 3.03. The van der Waals surface area contributed by atoms with Crippen LogP contribution in [0.3, 0.4) is 0 Å². The molecule has 0 amide bonds. The molecule has 2 aromatic rings. The average Bonchev–Trinajstić information content (AvgIpc) is 2.46. The second-order valence-corrected chi connectivity index (χ2v) is 4.15. The van der Waals surface area contributed by atoms with E-state index < -0.39 is 10.7 Å². The van der Waals surface area contributed by atoms with Crippen molar-refractivity contribution in [2.45, 2.75) is 6.61 Å². The quantitative estimate of drug-likeness (QED) is 0.677. The zero-order valence-corrected chi connectivity index (χ0v) is 11.1. The number of nitro groups is 1. The fraction of sp³-hybridized carbons (Fsp3) is 0.143. The van der Waals surface area contributed by atoms with Crippen molar-refractivity contribution < 1.29 is 23.9 Å². The third-order valence-electron chi connectivity index (χ3n) is 2.70. The third kappa shape index (κ3) is 3.46. The summed E-state index contributed by atoms with van der Waals surface area (Å²) in [6.07, 6.45) is 0. The van der Waals surface area contributed by atoms with Crippen LogP contribution in [0.4, 0.5) is 10.1 Å². The molecule has 0 heterocycles. The number of methoxy groups -OCH3 is 1. The smallest absolute Gasteiger partial charge is 0.314 e. The van der Waals surface area contributed by atoms with E-state index in [2.05, 4.69) is 0 Å². The van der Waals surface area contributed by atoms with Gasteiger partial charge in [-0.15, -0.1) is 0 Å². The van der Waals surface area contributed by atoms with Crippen LogP contribution in [0, 0.1) is 15.9 Å². The lowest BCUT2D eigenvalue weighted by molar-refractivity contribution is -0.385. The van der Waals surface area contributed by atoms with Gasteiger partial charge in [0.15, 0.2) is 5.75 Å². The number of benzene rings is 2. The molecule has 0 radical (unpaired) electrons. The average molecular weight is 293 g/mol. The van der Waals surface area contributed by atoms with Crippen LogP contribution in [0.15, 0.2) is 36.4 Å². The highest BCUT2D eigenvalue weighted by Gasteiger charge is 2.16. The number of rotatable bonds is 5. The molecule has 0 bridgehead atoms. The molecule has 1 N–H and O–H groups in total. The van der Waals surface area contributed by atoms with E-state index >= 15 is 0 Å². The maximum absolute atomic E-state index is 13.3. The van der Waals surface area contributed by atoms with E-state index in [1.807, 2.05) is 0 Å². The number of nitro benzene ring substituents is 1. The lowest BCUT2D eigenvalue weighted by Gasteiger charge is -2.08. The molecule has 0 atom stereocenters. The fourth-order valence-corrected chi connectivity index (χ4v) is 1.78. The van der Waals surface area contributed by atoms with E-state index in [-0.39, 0.29) is 29.5 Å². The first-order chi connectivity index (χ1) is 10.0. The second kappa shape index (κ2) is 6.19. The Hall–Kier alpha value is -2.67. The molecule has 2 rings (SSSR count). The van der Waals surface area contributed by atoms with Gasteiger partial charge < -0.3 is 14.6 Å². The minimum atomic E-state index is -0.601. The summed E-state index contributed by atoms with van der Waals surface area (Å²) in [4.78, 5) is 10.3. The van der Waals surface area contributed by atoms with Gasteiger partial charge in [0.1, 0.15) is 17.3 Å². The maximum atomic E-state index is 13.3. The van der Waals surface area contributed by atoms with E-state index in [4.69, 9.17) is 14.6 Å². The topological polar surface area (TPSA) is 81.8 Å². The van der Waals surface area contributed by atoms with E-state index in [9.17, 15) is 14.5 Å². The number of hydrogen-bond donors (Lipinski definition) is 1. The Kier molecular flexibility index (Phi) is 4.34. The van der Waals surface area contributed by atoms with Gasteiger partial charge in [-0.25, -0.2) is 4.39 Å². The number of halogens is 1. The molecule has 0 aliphatic heterocycles. The lowest BCUT2D eigenvalue weighted by atomic mass is 10.2. The SMILES string of the molecule is COc1ccc(Oc2cc(F)cc(CO)c2)cc1[N+](=O)[O-]. The molecule has 0 unspecified atom stereocenters. The van der Waals surface area contributed by atoms with Crippen molar-refractivity contribution in [2.24, 2.45) is 0 Å². The van der Waals surface area contributed by atoms with Gasteiger partial charge in [-0.3, -0.25) is 10.1 Å². The summed E-state index contributed by atoms with van der Waals surface area (Å²) < 4.78 is 23.6. The Bertz CT molecular complexity index is 674. The van der Waals surface area contributed by atoms with E-state index in [1.54, 1.807) is 0 Å². The zero-order valence-electron chi connectivity index (χ0n) is 11.1. The van der Waals surface area contributed by atoms with Gasteiger partial charge in [-0.05, 0) is 29.8 Å². The van der Waals surface area contributed by atoms with Crippen molar-refractivity contribution in [2.75, 3.05) is 7.11 Å². The fourth-order valence-electron chi connectivity index (χ4n) is 1.78. The first-order valence-corrected chi connectivity index (χ1v) is 5.94. The number of nitrogens with zero attached hydrogens (tertiary/aromatic N) is 1. The van der Waals surface area contributed by atoms with Crippen molar-refractivity contribution in [3.63, 3.8) is 0 Å². The van der Waals surface area contributed by atoms with Crippen LogP contribution >= 0.6 is 0 Å². The Balaban J connectivity index is 2.33. The van der Waals surface area contributed by atoms with Gasteiger partial charge in [0.2, 0.25) is 0 Å². The Morgan fingerprint density at radius 3 is 2.62 bits per heavy atom. The Morgan fingerprint density at radius 2 is 2.00 bits per heavy atom. The molecule has 0 fully saturated rings. The second-order valence-electron chi connectivity index (χ2n) is 4.15. The van der Waals surface area contributed by atoms with E-state index in [0.29, 0.717) is 5.56 Å². The number of ether oxygens (including phenoxy) is 2. The largest absolute Gasteiger partial charge is 0.490 e. The molecule has 6 nitrogen and oxygen atoms in total. The zero-order chi connectivity index (χ0) is 15.4. The van der Waals surface area contributed by atoms with Crippen LogP contribution < -0.4 is 9.47 Å². The molecule has 0 aliphatic carbocycles. The minimum Gasteiger partial charge on any atom is -0.490 e. The number of aliphatic hydroxyl groups is 1. The van der Waals surface area contributed by atoms with Gasteiger partial charge in [0, 0.05) is 6.07 Å². The lowest BCUT2D eigenvalue weighted by Crippen LogP contribution is -1.95. The Labute approximate surface area is 119 Å². The molecular formula is C14H12FNO5. The van der Waals surface area contributed by atoms with Crippen molar-refractivity contribution in [1.29, 1.82) is 0 Å². The summed E-state index contributed by atoms with van der Waals surface area (Å²) in [5.74, 6) is -0.169. The molecular weight excluding hydrogens is 281 g/mol. The van der Waals surface area contributed by atoms with Crippen molar-refractivity contribution in [3.8, 4) is 17.2 Å². The van der Waals surface area contributed by atoms with Crippen LogP contribution in [0.25, 0.3) is 0 Å². The van der Waals surface area contributed by atoms with Crippen LogP contribution in [0.1, 0.15) is 5.56 Å². The molecule has 2 aromatic carbocycles. The maximum Gasteiger partial charge on any atom is 0.314 e. The summed E-state index contributed by atoms with van der Waals surface area (Å²) >= 11 is 0. The highest BCUT2D eigenvalue weighted by Crippen LogP contribution is 2.33. The van der Waals surface area contributed by atoms with Crippen LogP contribution in [-0.2, 0) is 6.61 Å². The monoisotopic (exact) mass is 293 g/mol.